The summed E-state index contributed by atoms with van der Waals surface area (Å²) in [6.45, 7) is 1.62. The van der Waals surface area contributed by atoms with E-state index in [4.69, 9.17) is 15.3 Å². The van der Waals surface area contributed by atoms with Crippen LogP contribution in [0.4, 0.5) is 0 Å². The first-order valence-electron chi connectivity index (χ1n) is 5.09. The Morgan fingerprint density at radius 2 is 2.35 bits per heavy atom. The number of ketones is 1. The average molecular weight is 236 g/mol. The second-order valence-corrected chi connectivity index (χ2v) is 3.64. The minimum Gasteiger partial charge on any atom is -0.485 e. The molecule has 0 aromatic heterocycles. The second kappa shape index (κ2) is 4.42. The van der Waals surface area contributed by atoms with Crippen molar-refractivity contribution in [3.63, 3.8) is 0 Å². The van der Waals surface area contributed by atoms with Crippen LogP contribution in [0, 0.1) is 0 Å². The van der Waals surface area contributed by atoms with Crippen molar-refractivity contribution in [2.24, 2.45) is 5.84 Å². The molecule has 0 spiro atoms. The van der Waals surface area contributed by atoms with Crippen molar-refractivity contribution < 1.29 is 19.1 Å². The Balaban J connectivity index is 2.14. The van der Waals surface area contributed by atoms with Crippen molar-refractivity contribution in [3.8, 4) is 11.5 Å². The number of carbonyl (C=O) groups is 2. The molecule has 6 nitrogen and oxygen atoms in total. The highest BCUT2D eigenvalue weighted by Gasteiger charge is 2.22. The maximum Gasteiger partial charge on any atom is 0.274 e. The summed E-state index contributed by atoms with van der Waals surface area (Å²) in [5.41, 5.74) is 2.53. The van der Waals surface area contributed by atoms with Gasteiger partial charge < -0.3 is 9.47 Å². The molecule has 3 N–H and O–H groups in total. The van der Waals surface area contributed by atoms with Crippen LogP contribution < -0.4 is 20.7 Å². The van der Waals surface area contributed by atoms with Gasteiger partial charge in [-0.2, -0.15) is 0 Å². The second-order valence-electron chi connectivity index (χ2n) is 3.64. The Kier molecular flexibility index (Phi) is 2.97. The fourth-order valence-corrected chi connectivity index (χ4v) is 1.52. The van der Waals surface area contributed by atoms with Crippen molar-refractivity contribution in [3.05, 3.63) is 23.8 Å². The lowest BCUT2D eigenvalue weighted by molar-refractivity contribution is -0.127. The Bertz CT molecular complexity index is 473. The van der Waals surface area contributed by atoms with Crippen LogP contribution in [0.3, 0.4) is 0 Å². The molecule has 0 fully saturated rings. The number of fused-ring (bicyclic) bond motifs is 1. The van der Waals surface area contributed by atoms with Gasteiger partial charge in [-0.3, -0.25) is 15.0 Å². The quantitative estimate of drug-likeness (QED) is 0.438. The van der Waals surface area contributed by atoms with Gasteiger partial charge >= 0.3 is 0 Å². The number of amides is 1. The molecule has 6 heteroatoms. The van der Waals surface area contributed by atoms with Gasteiger partial charge in [-0.15, -0.1) is 0 Å². The number of ether oxygens (including phenoxy) is 2. The Labute approximate surface area is 97.7 Å². The Morgan fingerprint density at radius 3 is 3.06 bits per heavy atom. The molecule has 0 bridgehead atoms. The molecule has 1 aromatic carbocycles. The summed E-state index contributed by atoms with van der Waals surface area (Å²) in [6.07, 6.45) is -0.713. The normalized spacial score (nSPS) is 14.8. The maximum atomic E-state index is 11.3. The molecule has 17 heavy (non-hydrogen) atoms. The lowest BCUT2D eigenvalue weighted by Gasteiger charge is -2.13. The number of Topliss-reactive ketones (excluding diaryl/α,β-unsaturated/α-hetero) is 1. The molecule has 1 heterocycles. The van der Waals surface area contributed by atoms with Crippen LogP contribution in [-0.4, -0.2) is 24.4 Å². The minimum absolute atomic E-state index is 0.0532. The van der Waals surface area contributed by atoms with Crippen LogP contribution in [-0.2, 0) is 4.79 Å². The molecule has 1 amide bonds. The molecule has 1 aliphatic heterocycles. The van der Waals surface area contributed by atoms with E-state index in [1.165, 1.54) is 0 Å². The average Bonchev–Trinajstić information content (AvgIpc) is 2.69. The SMILES string of the molecule is CC(Oc1ccc2c(c1)OCC2=O)C(=O)NN. The van der Waals surface area contributed by atoms with Crippen LogP contribution in [0.5, 0.6) is 11.5 Å². The maximum absolute atomic E-state index is 11.3. The molecule has 1 aliphatic rings. The summed E-state index contributed by atoms with van der Waals surface area (Å²) in [6, 6.07) is 4.82. The van der Waals surface area contributed by atoms with Gasteiger partial charge in [0.2, 0.25) is 5.78 Å². The van der Waals surface area contributed by atoms with Gasteiger partial charge in [0.15, 0.2) is 12.7 Å². The predicted octanol–water partition coefficient (Wildman–Crippen LogP) is 0.0189. The number of nitrogens with one attached hydrogen (secondary N) is 1. The Morgan fingerprint density at radius 1 is 1.59 bits per heavy atom. The molecule has 1 atom stereocenters. The summed E-state index contributed by atoms with van der Waals surface area (Å²) >= 11 is 0. The molecule has 90 valence electrons. The fourth-order valence-electron chi connectivity index (χ4n) is 1.52. The van der Waals surface area contributed by atoms with Gasteiger partial charge in [-0.1, -0.05) is 0 Å². The Hall–Kier alpha value is -2.08. The van der Waals surface area contributed by atoms with Gasteiger partial charge in [0.25, 0.3) is 5.91 Å². The monoisotopic (exact) mass is 236 g/mol. The molecule has 1 unspecified atom stereocenters. The number of nitrogens with two attached hydrogens (primary N) is 1. The van der Waals surface area contributed by atoms with E-state index in [9.17, 15) is 9.59 Å². The molecule has 0 aliphatic carbocycles. The van der Waals surface area contributed by atoms with Crippen molar-refractivity contribution >= 4 is 11.7 Å². The van der Waals surface area contributed by atoms with E-state index >= 15 is 0 Å². The number of rotatable bonds is 3. The summed E-state index contributed by atoms with van der Waals surface area (Å²) in [5, 5.41) is 0. The summed E-state index contributed by atoms with van der Waals surface area (Å²) in [7, 11) is 0. The number of carbonyl (C=O) groups excluding carboxylic acids is 2. The van der Waals surface area contributed by atoms with Crippen molar-refractivity contribution in [2.75, 3.05) is 6.61 Å². The van der Waals surface area contributed by atoms with Gasteiger partial charge in [0, 0.05) is 6.07 Å². The zero-order chi connectivity index (χ0) is 12.4. The van der Waals surface area contributed by atoms with Gasteiger partial charge in [-0.05, 0) is 19.1 Å². The third kappa shape index (κ3) is 2.21. The van der Waals surface area contributed by atoms with Gasteiger partial charge in [0.1, 0.15) is 11.5 Å². The van der Waals surface area contributed by atoms with Crippen LogP contribution in [0.1, 0.15) is 17.3 Å². The van der Waals surface area contributed by atoms with Crippen molar-refractivity contribution in [2.45, 2.75) is 13.0 Å². The molecule has 0 saturated carbocycles. The van der Waals surface area contributed by atoms with Crippen LogP contribution in [0.25, 0.3) is 0 Å². The third-order valence-electron chi connectivity index (χ3n) is 2.44. The first kappa shape index (κ1) is 11.4. The number of hydrazine groups is 1. The van der Waals surface area contributed by atoms with Crippen LogP contribution >= 0.6 is 0 Å². The highest BCUT2D eigenvalue weighted by molar-refractivity contribution is 6.02. The van der Waals surface area contributed by atoms with Crippen LogP contribution in [0.2, 0.25) is 0 Å². The molecule has 1 aromatic rings. The summed E-state index contributed by atoms with van der Waals surface area (Å²) in [4.78, 5) is 22.5. The lowest BCUT2D eigenvalue weighted by atomic mass is 10.1. The van der Waals surface area contributed by atoms with Crippen molar-refractivity contribution in [1.82, 2.24) is 5.43 Å². The van der Waals surface area contributed by atoms with E-state index in [2.05, 4.69) is 0 Å². The zero-order valence-corrected chi connectivity index (χ0v) is 9.23. The zero-order valence-electron chi connectivity index (χ0n) is 9.23. The van der Waals surface area contributed by atoms with Crippen molar-refractivity contribution in [1.29, 1.82) is 0 Å². The highest BCUT2D eigenvalue weighted by Crippen LogP contribution is 2.29. The largest absolute Gasteiger partial charge is 0.485 e. The van der Waals surface area contributed by atoms with E-state index < -0.39 is 12.0 Å². The highest BCUT2D eigenvalue weighted by atomic mass is 16.5. The minimum atomic E-state index is -0.713. The van der Waals surface area contributed by atoms with Crippen LogP contribution in [0.15, 0.2) is 18.2 Å². The number of hydrogen-bond donors (Lipinski definition) is 2. The van der Waals surface area contributed by atoms with Gasteiger partial charge in [0.05, 0.1) is 5.56 Å². The van der Waals surface area contributed by atoms with E-state index in [0.717, 1.165) is 0 Å². The standard InChI is InChI=1S/C11H12N2O4/c1-6(11(15)13-12)17-7-2-3-8-9(14)5-16-10(8)4-7/h2-4,6H,5,12H2,1H3,(H,13,15). The van der Waals surface area contributed by atoms with Gasteiger partial charge in [-0.25, -0.2) is 5.84 Å². The number of hydrogen-bond acceptors (Lipinski definition) is 5. The first-order valence-corrected chi connectivity index (χ1v) is 5.09. The summed E-state index contributed by atoms with van der Waals surface area (Å²) < 4.78 is 10.5. The predicted molar refractivity (Wildman–Crippen MR) is 58.7 cm³/mol. The lowest BCUT2D eigenvalue weighted by Crippen LogP contribution is -2.40. The van der Waals surface area contributed by atoms with E-state index in [1.54, 1.807) is 25.1 Å². The molecular formula is C11H12N2O4. The molecule has 0 radical (unpaired) electrons. The number of benzene rings is 1. The van der Waals surface area contributed by atoms with E-state index in [0.29, 0.717) is 17.1 Å². The third-order valence-corrected chi connectivity index (χ3v) is 2.44. The fraction of sp³-hybridized carbons (Fsp3) is 0.273. The topological polar surface area (TPSA) is 90.6 Å². The van der Waals surface area contributed by atoms with E-state index in [1.807, 2.05) is 5.43 Å². The first-order chi connectivity index (χ1) is 8.11. The molecular weight excluding hydrogens is 224 g/mol. The smallest absolute Gasteiger partial charge is 0.274 e. The summed E-state index contributed by atoms with van der Waals surface area (Å²) in [5.74, 6) is 5.43. The molecule has 2 rings (SSSR count). The van der Waals surface area contributed by atoms with E-state index in [-0.39, 0.29) is 12.4 Å². The molecule has 0 saturated heterocycles.